The van der Waals surface area contributed by atoms with Gasteiger partial charge in [0, 0.05) is 16.6 Å². The molecule has 0 heterocycles. The van der Waals surface area contributed by atoms with Crippen LogP contribution in [0.5, 0.6) is 23.0 Å². The van der Waals surface area contributed by atoms with E-state index >= 15 is 0 Å². The smallest absolute Gasteiger partial charge is 0.165 e. The number of hydrogen-bond acceptors (Lipinski definition) is 2. The fourth-order valence-corrected chi connectivity index (χ4v) is 3.12. The molecule has 0 fully saturated rings. The summed E-state index contributed by atoms with van der Waals surface area (Å²) in [4.78, 5) is 0. The third kappa shape index (κ3) is 7.10. The first-order valence-electron chi connectivity index (χ1n) is 9.07. The van der Waals surface area contributed by atoms with Crippen LogP contribution in [0.25, 0.3) is 0 Å². The first-order chi connectivity index (χ1) is 15.3. The minimum Gasteiger partial charge on any atom is -0.457 e. The van der Waals surface area contributed by atoms with Gasteiger partial charge in [-0.1, -0.05) is 28.1 Å². The number of hydrogen-bond donors (Lipinski definition) is 0. The summed E-state index contributed by atoms with van der Waals surface area (Å²) in [6.45, 7) is 0. The molecule has 0 spiro atoms. The highest BCUT2D eigenvalue weighted by molar-refractivity contribution is 9.10. The van der Waals surface area contributed by atoms with Crippen LogP contribution in [0.4, 0.5) is 17.6 Å². The first kappa shape index (κ1) is 23.8. The normalized spacial score (nSPS) is 10.2. The summed E-state index contributed by atoms with van der Waals surface area (Å²) >= 11 is 6.25. The molecule has 2 nitrogen and oxygen atoms in total. The number of benzene rings is 4. The van der Waals surface area contributed by atoms with Gasteiger partial charge in [-0.15, -0.1) is 0 Å². The summed E-state index contributed by atoms with van der Waals surface area (Å²) in [6, 6.07) is 19.9. The van der Waals surface area contributed by atoms with Gasteiger partial charge in [-0.25, -0.2) is 17.6 Å². The SMILES string of the molecule is Fc1cccc(Oc2cc(Br)ccc2F)c1.Fc1cccc(Oc2ccc(F)c(Br)c2)c1. The summed E-state index contributed by atoms with van der Waals surface area (Å²) < 4.78 is 63.6. The third-order valence-corrected chi connectivity index (χ3v) is 4.94. The molecule has 4 aromatic carbocycles. The molecule has 0 amide bonds. The van der Waals surface area contributed by atoms with Crippen LogP contribution in [-0.2, 0) is 0 Å². The molecule has 0 bridgehead atoms. The van der Waals surface area contributed by atoms with E-state index in [0.29, 0.717) is 20.4 Å². The summed E-state index contributed by atoms with van der Waals surface area (Å²) in [5.74, 6) is -0.528. The second-order valence-electron chi connectivity index (χ2n) is 6.27. The third-order valence-electron chi connectivity index (χ3n) is 3.84. The van der Waals surface area contributed by atoms with E-state index in [0.717, 1.165) is 0 Å². The Morgan fingerprint density at radius 2 is 1.09 bits per heavy atom. The van der Waals surface area contributed by atoms with Crippen LogP contribution in [0.2, 0.25) is 0 Å². The van der Waals surface area contributed by atoms with Crippen LogP contribution in [0.1, 0.15) is 0 Å². The van der Waals surface area contributed by atoms with Crippen LogP contribution in [0.15, 0.2) is 93.9 Å². The predicted octanol–water partition coefficient (Wildman–Crippen LogP) is 9.04. The van der Waals surface area contributed by atoms with Gasteiger partial charge >= 0.3 is 0 Å². The Balaban J connectivity index is 0.000000181. The molecule has 0 aliphatic rings. The highest BCUT2D eigenvalue weighted by Crippen LogP contribution is 2.28. The molecule has 4 rings (SSSR count). The second kappa shape index (κ2) is 11.2. The molecule has 164 valence electrons. The van der Waals surface area contributed by atoms with Crippen LogP contribution < -0.4 is 9.47 Å². The van der Waals surface area contributed by atoms with Gasteiger partial charge in [0.2, 0.25) is 0 Å². The lowest BCUT2D eigenvalue weighted by molar-refractivity contribution is 0.438. The van der Waals surface area contributed by atoms with Gasteiger partial charge in [-0.2, -0.15) is 0 Å². The molecule has 8 heteroatoms. The van der Waals surface area contributed by atoms with E-state index in [4.69, 9.17) is 9.47 Å². The molecule has 0 saturated heterocycles. The summed E-state index contributed by atoms with van der Waals surface area (Å²) in [5, 5.41) is 0. The van der Waals surface area contributed by atoms with Crippen molar-refractivity contribution in [2.24, 2.45) is 0 Å². The summed E-state index contributed by atoms with van der Waals surface area (Å²) in [6.07, 6.45) is 0. The predicted molar refractivity (Wildman–Crippen MR) is 121 cm³/mol. The molecule has 0 atom stereocenters. The van der Waals surface area contributed by atoms with Gasteiger partial charge in [0.1, 0.15) is 34.7 Å². The van der Waals surface area contributed by atoms with Crippen LogP contribution in [0.3, 0.4) is 0 Å². The zero-order valence-electron chi connectivity index (χ0n) is 16.2. The maximum atomic E-state index is 13.3. The molecule has 32 heavy (non-hydrogen) atoms. The van der Waals surface area contributed by atoms with Crippen molar-refractivity contribution in [1.82, 2.24) is 0 Å². The molecule has 4 aromatic rings. The number of ether oxygens (including phenoxy) is 2. The lowest BCUT2D eigenvalue weighted by Crippen LogP contribution is -1.88. The van der Waals surface area contributed by atoms with Gasteiger partial charge in [-0.3, -0.25) is 0 Å². The average Bonchev–Trinajstić information content (AvgIpc) is 2.74. The van der Waals surface area contributed by atoms with Crippen molar-refractivity contribution in [2.75, 3.05) is 0 Å². The highest BCUT2D eigenvalue weighted by Gasteiger charge is 2.06. The molecule has 0 aliphatic heterocycles. The van der Waals surface area contributed by atoms with Crippen molar-refractivity contribution in [1.29, 1.82) is 0 Å². The van der Waals surface area contributed by atoms with E-state index in [2.05, 4.69) is 31.9 Å². The standard InChI is InChI=1S/2C12H7BrF2O/c13-8-4-5-11(15)12(6-8)16-10-3-1-2-9(14)7-10;13-11-7-10(4-5-12(11)15)16-9-3-1-2-8(14)6-9/h2*1-7H. The molecule has 0 aliphatic carbocycles. The van der Waals surface area contributed by atoms with E-state index in [1.54, 1.807) is 24.3 Å². The Morgan fingerprint density at radius 3 is 1.69 bits per heavy atom. The summed E-state index contributed by atoms with van der Waals surface area (Å²) in [7, 11) is 0. The van der Waals surface area contributed by atoms with Gasteiger partial charge < -0.3 is 9.47 Å². The molecular formula is C24H14Br2F4O2. The monoisotopic (exact) mass is 568 g/mol. The Labute approximate surface area is 198 Å². The van der Waals surface area contributed by atoms with E-state index in [1.807, 2.05) is 0 Å². The van der Waals surface area contributed by atoms with Crippen molar-refractivity contribution >= 4 is 31.9 Å². The van der Waals surface area contributed by atoms with Crippen molar-refractivity contribution in [3.05, 3.63) is 117 Å². The summed E-state index contributed by atoms with van der Waals surface area (Å²) in [5.41, 5.74) is 0. The Morgan fingerprint density at radius 1 is 0.531 bits per heavy atom. The zero-order chi connectivity index (χ0) is 23.1. The van der Waals surface area contributed by atoms with Gasteiger partial charge in [-0.05, 0) is 76.6 Å². The van der Waals surface area contributed by atoms with Crippen molar-refractivity contribution in [3.8, 4) is 23.0 Å². The zero-order valence-corrected chi connectivity index (χ0v) is 19.3. The lowest BCUT2D eigenvalue weighted by atomic mass is 10.3. The van der Waals surface area contributed by atoms with Gasteiger partial charge in [0.05, 0.1) is 4.47 Å². The Kier molecular flexibility index (Phi) is 8.30. The first-order valence-corrected chi connectivity index (χ1v) is 10.7. The molecule has 0 saturated carbocycles. The van der Waals surface area contributed by atoms with Crippen molar-refractivity contribution in [3.63, 3.8) is 0 Å². The maximum absolute atomic E-state index is 13.3. The minimum absolute atomic E-state index is 0.0555. The van der Waals surface area contributed by atoms with E-state index in [9.17, 15) is 17.6 Å². The number of halogens is 6. The topological polar surface area (TPSA) is 18.5 Å². The minimum atomic E-state index is -0.493. The van der Waals surface area contributed by atoms with Crippen LogP contribution in [-0.4, -0.2) is 0 Å². The molecule has 0 N–H and O–H groups in total. The Bertz CT molecular complexity index is 1220. The quantitative estimate of drug-likeness (QED) is 0.228. The van der Waals surface area contributed by atoms with Crippen molar-refractivity contribution < 1.29 is 27.0 Å². The Hall–Kier alpha value is -2.84. The molecule has 0 unspecified atom stereocenters. The van der Waals surface area contributed by atoms with Gasteiger partial charge in [0.25, 0.3) is 0 Å². The number of rotatable bonds is 4. The average molecular weight is 570 g/mol. The van der Waals surface area contributed by atoms with Gasteiger partial charge in [0.15, 0.2) is 11.6 Å². The fourth-order valence-electron chi connectivity index (χ4n) is 2.42. The highest BCUT2D eigenvalue weighted by atomic mass is 79.9. The van der Waals surface area contributed by atoms with E-state index in [1.165, 1.54) is 60.7 Å². The maximum Gasteiger partial charge on any atom is 0.165 e. The van der Waals surface area contributed by atoms with Crippen LogP contribution >= 0.6 is 31.9 Å². The molecule has 0 aromatic heterocycles. The van der Waals surface area contributed by atoms with E-state index < -0.39 is 11.6 Å². The molecular weight excluding hydrogens is 556 g/mol. The second-order valence-corrected chi connectivity index (χ2v) is 8.04. The van der Waals surface area contributed by atoms with Crippen LogP contribution in [0, 0.1) is 23.3 Å². The fraction of sp³-hybridized carbons (Fsp3) is 0. The lowest BCUT2D eigenvalue weighted by Gasteiger charge is -2.06. The van der Waals surface area contributed by atoms with E-state index in [-0.39, 0.29) is 23.1 Å². The van der Waals surface area contributed by atoms with Crippen molar-refractivity contribution in [2.45, 2.75) is 0 Å². The molecule has 0 radical (unpaired) electrons. The largest absolute Gasteiger partial charge is 0.457 e.